The van der Waals surface area contributed by atoms with Crippen LogP contribution < -0.4 is 4.90 Å². The molecule has 3 aromatic rings. The Morgan fingerprint density at radius 2 is 1.95 bits per heavy atom. The van der Waals surface area contributed by atoms with Crippen molar-refractivity contribution in [1.82, 2.24) is 19.7 Å². The Kier molecular flexibility index (Phi) is 3.28. The van der Waals surface area contributed by atoms with Crippen LogP contribution in [0.4, 0.5) is 5.82 Å². The molecule has 0 atom stereocenters. The first-order valence-corrected chi connectivity index (χ1v) is 6.61. The van der Waals surface area contributed by atoms with Gasteiger partial charge in [0.05, 0.1) is 11.6 Å². The number of benzene rings is 1. The quantitative estimate of drug-likeness (QED) is 0.743. The average Bonchev–Trinajstić information content (AvgIpc) is 2.83. The Bertz CT molecular complexity index is 735. The van der Waals surface area contributed by atoms with Gasteiger partial charge in [0.25, 0.3) is 0 Å². The third-order valence-electron chi connectivity index (χ3n) is 3.20. The van der Waals surface area contributed by atoms with Crippen molar-refractivity contribution in [3.05, 3.63) is 47.4 Å². The monoisotopic (exact) mass is 287 g/mol. The van der Waals surface area contributed by atoms with Crippen LogP contribution >= 0.6 is 11.6 Å². The van der Waals surface area contributed by atoms with E-state index in [0.717, 1.165) is 28.4 Å². The lowest BCUT2D eigenvalue weighted by atomic mass is 10.2. The van der Waals surface area contributed by atoms with Gasteiger partial charge in [-0.05, 0) is 17.7 Å². The Morgan fingerprint density at radius 3 is 2.70 bits per heavy atom. The first kappa shape index (κ1) is 12.9. The van der Waals surface area contributed by atoms with Crippen LogP contribution in [0.2, 0.25) is 5.02 Å². The molecule has 0 aliphatic rings. The summed E-state index contributed by atoms with van der Waals surface area (Å²) in [5.41, 5.74) is 2.01. The molecule has 0 spiro atoms. The van der Waals surface area contributed by atoms with Gasteiger partial charge >= 0.3 is 0 Å². The zero-order valence-electron chi connectivity index (χ0n) is 11.3. The molecule has 0 fully saturated rings. The summed E-state index contributed by atoms with van der Waals surface area (Å²) in [5.74, 6) is 0.873. The zero-order chi connectivity index (χ0) is 14.1. The molecule has 6 heteroatoms. The zero-order valence-corrected chi connectivity index (χ0v) is 12.0. The van der Waals surface area contributed by atoms with Crippen LogP contribution in [0.5, 0.6) is 0 Å². The van der Waals surface area contributed by atoms with Gasteiger partial charge in [0.1, 0.15) is 12.1 Å². The topological polar surface area (TPSA) is 46.8 Å². The lowest BCUT2D eigenvalue weighted by Crippen LogP contribution is -2.18. The Labute approximate surface area is 121 Å². The fraction of sp³-hybridized carbons (Fsp3) is 0.214. The number of halogens is 1. The van der Waals surface area contributed by atoms with Crippen molar-refractivity contribution in [2.75, 3.05) is 11.9 Å². The molecule has 0 unspecified atom stereocenters. The number of anilines is 1. The summed E-state index contributed by atoms with van der Waals surface area (Å²) in [5, 5.41) is 5.92. The van der Waals surface area contributed by atoms with Gasteiger partial charge in [-0.1, -0.05) is 23.7 Å². The Morgan fingerprint density at radius 1 is 1.20 bits per heavy atom. The van der Waals surface area contributed by atoms with Crippen LogP contribution in [0.15, 0.2) is 36.8 Å². The normalized spacial score (nSPS) is 10.9. The number of nitrogens with zero attached hydrogens (tertiary/aromatic N) is 5. The van der Waals surface area contributed by atoms with Crippen molar-refractivity contribution in [2.24, 2.45) is 7.05 Å². The van der Waals surface area contributed by atoms with E-state index in [-0.39, 0.29) is 0 Å². The van der Waals surface area contributed by atoms with E-state index in [1.165, 1.54) is 5.56 Å². The van der Waals surface area contributed by atoms with Crippen LogP contribution in [0.25, 0.3) is 11.0 Å². The van der Waals surface area contributed by atoms with E-state index in [1.54, 1.807) is 17.2 Å². The van der Waals surface area contributed by atoms with Crippen molar-refractivity contribution in [3.63, 3.8) is 0 Å². The maximum atomic E-state index is 5.90. The number of hydrogen-bond donors (Lipinski definition) is 0. The number of aromatic nitrogens is 4. The molecule has 1 aromatic carbocycles. The van der Waals surface area contributed by atoms with Gasteiger partial charge in [-0.2, -0.15) is 5.10 Å². The van der Waals surface area contributed by atoms with Gasteiger partial charge in [0.2, 0.25) is 0 Å². The van der Waals surface area contributed by atoms with Crippen LogP contribution in [0, 0.1) is 0 Å². The molecule has 0 aliphatic heterocycles. The molecule has 20 heavy (non-hydrogen) atoms. The third-order valence-corrected chi connectivity index (χ3v) is 3.45. The summed E-state index contributed by atoms with van der Waals surface area (Å²) in [7, 11) is 3.88. The highest BCUT2D eigenvalue weighted by atomic mass is 35.5. The molecule has 3 rings (SSSR count). The highest BCUT2D eigenvalue weighted by Gasteiger charge is 2.11. The fourth-order valence-electron chi connectivity index (χ4n) is 2.19. The van der Waals surface area contributed by atoms with E-state index in [9.17, 15) is 0 Å². The van der Waals surface area contributed by atoms with Crippen LogP contribution in [0.1, 0.15) is 5.56 Å². The van der Waals surface area contributed by atoms with Gasteiger partial charge < -0.3 is 4.90 Å². The van der Waals surface area contributed by atoms with E-state index in [2.05, 4.69) is 20.0 Å². The standard InChI is InChI=1S/C14H14ClN5/c1-19(8-10-3-5-11(15)6-4-10)13-12-7-18-20(2)14(12)17-9-16-13/h3-7,9H,8H2,1-2H3. The minimum atomic E-state index is 0.744. The minimum Gasteiger partial charge on any atom is -0.355 e. The van der Waals surface area contributed by atoms with Crippen LogP contribution in [0.3, 0.4) is 0 Å². The lowest BCUT2D eigenvalue weighted by molar-refractivity contribution is 0.785. The summed E-state index contributed by atoms with van der Waals surface area (Å²) in [6.07, 6.45) is 3.36. The third kappa shape index (κ3) is 2.32. The number of hydrogen-bond acceptors (Lipinski definition) is 4. The molecule has 102 valence electrons. The maximum absolute atomic E-state index is 5.90. The lowest BCUT2D eigenvalue weighted by Gasteiger charge is -2.18. The molecule has 0 amide bonds. The summed E-state index contributed by atoms with van der Waals surface area (Å²) >= 11 is 5.90. The Balaban J connectivity index is 1.92. The smallest absolute Gasteiger partial charge is 0.163 e. The van der Waals surface area contributed by atoms with Crippen LogP contribution in [-0.2, 0) is 13.6 Å². The van der Waals surface area contributed by atoms with Gasteiger partial charge in [-0.3, -0.25) is 4.68 Å². The van der Waals surface area contributed by atoms with Crippen molar-refractivity contribution < 1.29 is 0 Å². The average molecular weight is 288 g/mol. The van der Waals surface area contributed by atoms with Crippen molar-refractivity contribution >= 4 is 28.5 Å². The molecule has 5 nitrogen and oxygen atoms in total. The second-order valence-corrected chi connectivity index (χ2v) is 5.12. The predicted molar refractivity (Wildman–Crippen MR) is 79.9 cm³/mol. The number of rotatable bonds is 3. The van der Waals surface area contributed by atoms with E-state index in [4.69, 9.17) is 11.6 Å². The second-order valence-electron chi connectivity index (χ2n) is 4.69. The summed E-state index contributed by atoms with van der Waals surface area (Å²) in [6, 6.07) is 7.82. The molecule has 0 bridgehead atoms. The van der Waals surface area contributed by atoms with Crippen LogP contribution in [-0.4, -0.2) is 26.8 Å². The largest absolute Gasteiger partial charge is 0.355 e. The van der Waals surface area contributed by atoms with E-state index >= 15 is 0 Å². The SMILES string of the molecule is CN(Cc1ccc(Cl)cc1)c1ncnc2c1cnn2C. The summed E-state index contributed by atoms with van der Waals surface area (Å²) in [4.78, 5) is 10.7. The maximum Gasteiger partial charge on any atom is 0.163 e. The Hall–Kier alpha value is -2.14. The first-order valence-electron chi connectivity index (χ1n) is 6.23. The molecule has 0 aliphatic carbocycles. The molecule has 0 N–H and O–H groups in total. The molecule has 0 saturated heterocycles. The molecule has 0 radical (unpaired) electrons. The van der Waals surface area contributed by atoms with Gasteiger partial charge in [-0.15, -0.1) is 0 Å². The van der Waals surface area contributed by atoms with E-state index in [1.807, 2.05) is 38.4 Å². The van der Waals surface area contributed by atoms with Gasteiger partial charge in [-0.25, -0.2) is 9.97 Å². The summed E-state index contributed by atoms with van der Waals surface area (Å²) in [6.45, 7) is 0.748. The van der Waals surface area contributed by atoms with E-state index < -0.39 is 0 Å². The molecular weight excluding hydrogens is 274 g/mol. The van der Waals surface area contributed by atoms with Crippen molar-refractivity contribution in [3.8, 4) is 0 Å². The fourth-order valence-corrected chi connectivity index (χ4v) is 2.32. The molecule has 0 saturated carbocycles. The predicted octanol–water partition coefficient (Wildman–Crippen LogP) is 2.65. The first-order chi connectivity index (χ1) is 9.65. The highest BCUT2D eigenvalue weighted by molar-refractivity contribution is 6.30. The molecule has 2 aromatic heterocycles. The number of aryl methyl sites for hydroxylation is 1. The second kappa shape index (κ2) is 5.09. The summed E-state index contributed by atoms with van der Waals surface area (Å²) < 4.78 is 1.75. The highest BCUT2D eigenvalue weighted by Crippen LogP contribution is 2.22. The molecular formula is C14H14ClN5. The van der Waals surface area contributed by atoms with Crippen molar-refractivity contribution in [1.29, 1.82) is 0 Å². The van der Waals surface area contributed by atoms with E-state index in [0.29, 0.717) is 0 Å². The van der Waals surface area contributed by atoms with Gasteiger partial charge in [0, 0.05) is 25.7 Å². The van der Waals surface area contributed by atoms with Gasteiger partial charge in [0.15, 0.2) is 5.65 Å². The molecule has 2 heterocycles. The minimum absolute atomic E-state index is 0.744. The van der Waals surface area contributed by atoms with Crippen molar-refractivity contribution in [2.45, 2.75) is 6.54 Å². The number of fused-ring (bicyclic) bond motifs is 1.